The molecule has 0 bridgehead atoms. The van der Waals surface area contributed by atoms with Crippen LogP contribution >= 0.6 is 0 Å². The third-order valence-electron chi connectivity index (χ3n) is 4.04. The molecule has 0 saturated carbocycles. The SMILES string of the molecule is CCc1ccccc1C(=O)NCC(=O)c1cc(OC)c(OC)c(OC)c1. The molecule has 0 aliphatic heterocycles. The van der Waals surface area contributed by atoms with Gasteiger partial charge in [0.15, 0.2) is 17.3 Å². The Bertz CT molecular complexity index is 776. The molecular weight excluding hydrogens is 334 g/mol. The largest absolute Gasteiger partial charge is 0.493 e. The Morgan fingerprint density at radius 2 is 1.58 bits per heavy atom. The average Bonchev–Trinajstić information content (AvgIpc) is 2.70. The van der Waals surface area contributed by atoms with Crippen molar-refractivity contribution in [3.05, 3.63) is 53.1 Å². The summed E-state index contributed by atoms with van der Waals surface area (Å²) < 4.78 is 15.7. The minimum absolute atomic E-state index is 0.129. The van der Waals surface area contributed by atoms with E-state index in [4.69, 9.17) is 14.2 Å². The van der Waals surface area contributed by atoms with Crippen LogP contribution in [0.4, 0.5) is 0 Å². The highest BCUT2D eigenvalue weighted by Gasteiger charge is 2.18. The number of amides is 1. The number of carbonyl (C=O) groups is 2. The summed E-state index contributed by atoms with van der Waals surface area (Å²) in [5.41, 5.74) is 1.88. The van der Waals surface area contributed by atoms with Gasteiger partial charge in [-0.05, 0) is 30.2 Å². The number of aryl methyl sites for hydroxylation is 1. The molecule has 0 saturated heterocycles. The van der Waals surface area contributed by atoms with Crippen molar-refractivity contribution in [2.75, 3.05) is 27.9 Å². The fourth-order valence-corrected chi connectivity index (χ4v) is 2.65. The summed E-state index contributed by atoms with van der Waals surface area (Å²) in [7, 11) is 4.46. The van der Waals surface area contributed by atoms with Gasteiger partial charge < -0.3 is 19.5 Å². The van der Waals surface area contributed by atoms with Crippen LogP contribution in [-0.2, 0) is 6.42 Å². The summed E-state index contributed by atoms with van der Waals surface area (Å²) in [6.45, 7) is 1.85. The first-order valence-electron chi connectivity index (χ1n) is 8.25. The Morgan fingerprint density at radius 3 is 2.12 bits per heavy atom. The summed E-state index contributed by atoms with van der Waals surface area (Å²) in [5.74, 6) is 0.651. The number of ether oxygens (including phenoxy) is 3. The van der Waals surface area contributed by atoms with Crippen molar-refractivity contribution >= 4 is 11.7 Å². The van der Waals surface area contributed by atoms with Crippen LogP contribution in [-0.4, -0.2) is 39.6 Å². The first-order valence-corrected chi connectivity index (χ1v) is 8.25. The Kier molecular flexibility index (Phi) is 6.60. The lowest BCUT2D eigenvalue weighted by Gasteiger charge is -2.14. The van der Waals surface area contributed by atoms with Gasteiger partial charge >= 0.3 is 0 Å². The maximum absolute atomic E-state index is 12.5. The molecule has 0 aliphatic rings. The zero-order valence-electron chi connectivity index (χ0n) is 15.4. The van der Waals surface area contributed by atoms with Crippen molar-refractivity contribution in [1.82, 2.24) is 5.32 Å². The first kappa shape index (κ1) is 19.3. The fourth-order valence-electron chi connectivity index (χ4n) is 2.65. The summed E-state index contributed by atoms with van der Waals surface area (Å²) >= 11 is 0. The van der Waals surface area contributed by atoms with Crippen molar-refractivity contribution in [1.29, 1.82) is 0 Å². The second-order valence-electron chi connectivity index (χ2n) is 5.53. The zero-order chi connectivity index (χ0) is 19.1. The van der Waals surface area contributed by atoms with E-state index < -0.39 is 0 Å². The maximum Gasteiger partial charge on any atom is 0.251 e. The van der Waals surface area contributed by atoms with E-state index in [-0.39, 0.29) is 18.2 Å². The number of methoxy groups -OCH3 is 3. The monoisotopic (exact) mass is 357 g/mol. The molecule has 0 atom stereocenters. The molecule has 2 aromatic carbocycles. The summed E-state index contributed by atoms with van der Waals surface area (Å²) in [6, 6.07) is 10.5. The van der Waals surface area contributed by atoms with Crippen LogP contribution in [0, 0.1) is 0 Å². The number of hydrogen-bond donors (Lipinski definition) is 1. The molecule has 138 valence electrons. The van der Waals surface area contributed by atoms with Gasteiger partial charge in [0.25, 0.3) is 5.91 Å². The highest BCUT2D eigenvalue weighted by atomic mass is 16.5. The Morgan fingerprint density at radius 1 is 0.962 bits per heavy atom. The zero-order valence-corrected chi connectivity index (χ0v) is 15.4. The Hall–Kier alpha value is -3.02. The average molecular weight is 357 g/mol. The van der Waals surface area contributed by atoms with Crippen LogP contribution in [0.5, 0.6) is 17.2 Å². The molecule has 6 heteroatoms. The molecule has 0 heterocycles. The molecule has 0 spiro atoms. The van der Waals surface area contributed by atoms with Crippen molar-refractivity contribution in [3.63, 3.8) is 0 Å². The van der Waals surface area contributed by atoms with Crippen LogP contribution in [0.3, 0.4) is 0 Å². The van der Waals surface area contributed by atoms with E-state index in [0.717, 1.165) is 12.0 Å². The lowest BCUT2D eigenvalue weighted by atomic mass is 10.0. The molecular formula is C20H23NO5. The fraction of sp³-hybridized carbons (Fsp3) is 0.300. The summed E-state index contributed by atoms with van der Waals surface area (Å²) in [5, 5.41) is 2.67. The van der Waals surface area contributed by atoms with Crippen molar-refractivity contribution < 1.29 is 23.8 Å². The molecule has 2 aromatic rings. The second-order valence-corrected chi connectivity index (χ2v) is 5.53. The van der Waals surface area contributed by atoms with Gasteiger partial charge in [0.1, 0.15) is 0 Å². The van der Waals surface area contributed by atoms with E-state index in [1.807, 2.05) is 19.1 Å². The van der Waals surface area contributed by atoms with E-state index in [1.54, 1.807) is 24.3 Å². The molecule has 6 nitrogen and oxygen atoms in total. The second kappa shape index (κ2) is 8.89. The van der Waals surface area contributed by atoms with Gasteiger partial charge in [0.2, 0.25) is 5.75 Å². The summed E-state index contributed by atoms with van der Waals surface area (Å²) in [6.07, 6.45) is 0.740. The smallest absolute Gasteiger partial charge is 0.251 e. The number of Topliss-reactive ketones (excluding diaryl/α,β-unsaturated/α-hetero) is 1. The van der Waals surface area contributed by atoms with Gasteiger partial charge in [-0.3, -0.25) is 9.59 Å². The molecule has 0 unspecified atom stereocenters. The first-order chi connectivity index (χ1) is 12.5. The van der Waals surface area contributed by atoms with E-state index in [0.29, 0.717) is 28.4 Å². The van der Waals surface area contributed by atoms with Crippen molar-refractivity contribution in [2.24, 2.45) is 0 Å². The number of ketones is 1. The van der Waals surface area contributed by atoms with Crippen LogP contribution in [0.1, 0.15) is 33.2 Å². The highest BCUT2D eigenvalue weighted by molar-refractivity contribution is 6.03. The van der Waals surface area contributed by atoms with Crippen LogP contribution < -0.4 is 19.5 Å². The normalized spacial score (nSPS) is 10.2. The predicted molar refractivity (Wildman–Crippen MR) is 98.6 cm³/mol. The lowest BCUT2D eigenvalue weighted by molar-refractivity contribution is 0.0903. The third kappa shape index (κ3) is 4.14. The summed E-state index contributed by atoms with van der Waals surface area (Å²) in [4.78, 5) is 24.9. The number of carbonyl (C=O) groups excluding carboxylic acids is 2. The molecule has 0 aromatic heterocycles. The Balaban J connectivity index is 2.16. The molecule has 0 aliphatic carbocycles. The molecule has 1 amide bonds. The van der Waals surface area contributed by atoms with Crippen molar-refractivity contribution in [3.8, 4) is 17.2 Å². The van der Waals surface area contributed by atoms with E-state index in [1.165, 1.54) is 21.3 Å². The van der Waals surface area contributed by atoms with Crippen LogP contribution in [0.15, 0.2) is 36.4 Å². The minimum atomic E-state index is -0.275. The van der Waals surface area contributed by atoms with Gasteiger partial charge in [0.05, 0.1) is 27.9 Å². The molecule has 0 fully saturated rings. The molecule has 26 heavy (non-hydrogen) atoms. The van der Waals surface area contributed by atoms with E-state index in [9.17, 15) is 9.59 Å². The highest BCUT2D eigenvalue weighted by Crippen LogP contribution is 2.38. The number of hydrogen-bond acceptors (Lipinski definition) is 5. The van der Waals surface area contributed by atoms with E-state index in [2.05, 4.69) is 5.32 Å². The quantitative estimate of drug-likeness (QED) is 0.736. The maximum atomic E-state index is 12.5. The standard InChI is InChI=1S/C20H23NO5/c1-5-13-8-6-7-9-15(13)20(23)21-12-16(22)14-10-17(24-2)19(26-4)18(11-14)25-3/h6-11H,5,12H2,1-4H3,(H,21,23). The van der Waals surface area contributed by atoms with Crippen molar-refractivity contribution in [2.45, 2.75) is 13.3 Å². The van der Waals surface area contributed by atoms with E-state index >= 15 is 0 Å². The third-order valence-corrected chi connectivity index (χ3v) is 4.04. The van der Waals surface area contributed by atoms with Gasteiger partial charge in [-0.1, -0.05) is 25.1 Å². The van der Waals surface area contributed by atoms with Gasteiger partial charge in [-0.25, -0.2) is 0 Å². The topological polar surface area (TPSA) is 73.9 Å². The van der Waals surface area contributed by atoms with Gasteiger partial charge in [-0.2, -0.15) is 0 Å². The van der Waals surface area contributed by atoms with Crippen LogP contribution in [0.2, 0.25) is 0 Å². The number of rotatable bonds is 8. The molecule has 0 radical (unpaired) electrons. The molecule has 2 rings (SSSR count). The van der Waals surface area contributed by atoms with Crippen LogP contribution in [0.25, 0.3) is 0 Å². The lowest BCUT2D eigenvalue weighted by Crippen LogP contribution is -2.30. The van der Waals surface area contributed by atoms with Gasteiger partial charge in [0, 0.05) is 11.1 Å². The molecule has 1 N–H and O–H groups in total. The minimum Gasteiger partial charge on any atom is -0.493 e. The number of benzene rings is 2. The number of nitrogens with one attached hydrogen (secondary N) is 1. The predicted octanol–water partition coefficient (Wildman–Crippen LogP) is 2.89. The Labute approximate surface area is 153 Å². The van der Waals surface area contributed by atoms with Gasteiger partial charge in [-0.15, -0.1) is 0 Å².